The molecule has 0 amide bonds. The van der Waals surface area contributed by atoms with Crippen molar-refractivity contribution in [1.29, 1.82) is 0 Å². The predicted octanol–water partition coefficient (Wildman–Crippen LogP) is 3.83. The fourth-order valence-electron chi connectivity index (χ4n) is 3.00. The Bertz CT molecular complexity index is 452. The van der Waals surface area contributed by atoms with E-state index < -0.39 is 0 Å². The van der Waals surface area contributed by atoms with E-state index in [2.05, 4.69) is 5.32 Å². The van der Waals surface area contributed by atoms with E-state index in [1.165, 1.54) is 6.07 Å². The molecule has 21 heavy (non-hydrogen) atoms. The van der Waals surface area contributed by atoms with Crippen molar-refractivity contribution < 1.29 is 13.9 Å². The van der Waals surface area contributed by atoms with Crippen molar-refractivity contribution in [1.82, 2.24) is 5.32 Å². The van der Waals surface area contributed by atoms with E-state index >= 15 is 0 Å². The van der Waals surface area contributed by atoms with Gasteiger partial charge in [-0.05, 0) is 38.8 Å². The van der Waals surface area contributed by atoms with Crippen molar-refractivity contribution in [2.75, 3.05) is 13.7 Å². The molecule has 1 fully saturated rings. The molecule has 2 rings (SSSR count). The second-order valence-corrected chi connectivity index (χ2v) is 5.70. The number of halogens is 1. The Labute approximate surface area is 126 Å². The van der Waals surface area contributed by atoms with E-state index in [0.29, 0.717) is 5.75 Å². The molecule has 0 bridgehead atoms. The highest BCUT2D eigenvalue weighted by molar-refractivity contribution is 5.37. The van der Waals surface area contributed by atoms with E-state index in [4.69, 9.17) is 9.47 Å². The Morgan fingerprint density at radius 2 is 2.10 bits per heavy atom. The van der Waals surface area contributed by atoms with E-state index in [1.807, 2.05) is 19.9 Å². The molecule has 1 aromatic carbocycles. The molecule has 0 heterocycles. The lowest BCUT2D eigenvalue weighted by atomic mass is 9.94. The van der Waals surface area contributed by atoms with Gasteiger partial charge in [-0.15, -0.1) is 0 Å². The van der Waals surface area contributed by atoms with Crippen LogP contribution in [0.25, 0.3) is 0 Å². The van der Waals surface area contributed by atoms with Crippen molar-refractivity contribution in [2.45, 2.75) is 57.8 Å². The molecular formula is C17H26FNO2. The lowest BCUT2D eigenvalue weighted by Crippen LogP contribution is -2.30. The molecule has 1 N–H and O–H groups in total. The normalized spacial score (nSPS) is 23.8. The van der Waals surface area contributed by atoms with Gasteiger partial charge in [-0.25, -0.2) is 4.39 Å². The van der Waals surface area contributed by atoms with Gasteiger partial charge in [0.1, 0.15) is 6.10 Å². The second kappa shape index (κ2) is 7.76. The molecule has 1 aliphatic rings. The van der Waals surface area contributed by atoms with Gasteiger partial charge in [-0.3, -0.25) is 0 Å². The Hall–Kier alpha value is -1.13. The van der Waals surface area contributed by atoms with Crippen LogP contribution in [0.15, 0.2) is 18.2 Å². The van der Waals surface area contributed by atoms with Gasteiger partial charge in [0.15, 0.2) is 11.6 Å². The summed E-state index contributed by atoms with van der Waals surface area (Å²) in [7, 11) is 1.73. The zero-order valence-corrected chi connectivity index (χ0v) is 13.2. The minimum absolute atomic E-state index is 0.0353. The van der Waals surface area contributed by atoms with Gasteiger partial charge < -0.3 is 14.8 Å². The number of benzene rings is 1. The van der Waals surface area contributed by atoms with Crippen molar-refractivity contribution in [3.8, 4) is 5.75 Å². The molecule has 0 aromatic heterocycles. The van der Waals surface area contributed by atoms with Gasteiger partial charge >= 0.3 is 0 Å². The maximum Gasteiger partial charge on any atom is 0.165 e. The van der Waals surface area contributed by atoms with Gasteiger partial charge in [0.25, 0.3) is 0 Å². The summed E-state index contributed by atoms with van der Waals surface area (Å²) in [6.45, 7) is 4.91. The van der Waals surface area contributed by atoms with Gasteiger partial charge in [-0.1, -0.05) is 19.1 Å². The summed E-state index contributed by atoms with van der Waals surface area (Å²) in [5.74, 6) is 0.115. The molecule has 3 atom stereocenters. The van der Waals surface area contributed by atoms with Crippen LogP contribution in [0.5, 0.6) is 5.75 Å². The predicted molar refractivity (Wildman–Crippen MR) is 82.2 cm³/mol. The molecule has 0 saturated heterocycles. The van der Waals surface area contributed by atoms with E-state index in [9.17, 15) is 4.39 Å². The Kier molecular flexibility index (Phi) is 6.00. The molecular weight excluding hydrogens is 269 g/mol. The first-order valence-corrected chi connectivity index (χ1v) is 7.87. The number of para-hydroxylation sites is 1. The summed E-state index contributed by atoms with van der Waals surface area (Å²) in [6.07, 6.45) is 4.19. The SMILES string of the molecule is CCNC(C)c1cccc(F)c1OC1CCCC(OC)C1. The topological polar surface area (TPSA) is 30.5 Å². The summed E-state index contributed by atoms with van der Waals surface area (Å²) in [5, 5.41) is 3.32. The van der Waals surface area contributed by atoms with E-state index in [1.54, 1.807) is 13.2 Å². The van der Waals surface area contributed by atoms with E-state index in [-0.39, 0.29) is 24.1 Å². The van der Waals surface area contributed by atoms with Crippen LogP contribution in [0.2, 0.25) is 0 Å². The van der Waals surface area contributed by atoms with Crippen LogP contribution >= 0.6 is 0 Å². The quantitative estimate of drug-likeness (QED) is 0.865. The van der Waals surface area contributed by atoms with Gasteiger partial charge in [0.2, 0.25) is 0 Å². The number of methoxy groups -OCH3 is 1. The molecule has 0 spiro atoms. The smallest absolute Gasteiger partial charge is 0.165 e. The first-order chi connectivity index (χ1) is 10.2. The second-order valence-electron chi connectivity index (χ2n) is 5.70. The van der Waals surface area contributed by atoms with E-state index in [0.717, 1.165) is 37.8 Å². The standard InChI is InChI=1S/C17H26FNO2/c1-4-19-12(2)15-9-6-10-16(18)17(15)21-14-8-5-7-13(11-14)20-3/h6,9-10,12-14,19H,4-5,7-8,11H2,1-3H3. The maximum atomic E-state index is 14.2. The average molecular weight is 295 g/mol. The zero-order valence-electron chi connectivity index (χ0n) is 13.2. The van der Waals surface area contributed by atoms with Crippen molar-refractivity contribution in [3.63, 3.8) is 0 Å². The van der Waals surface area contributed by atoms with Crippen LogP contribution in [-0.2, 0) is 4.74 Å². The first kappa shape index (κ1) is 16.2. The molecule has 1 aromatic rings. The van der Waals surface area contributed by atoms with Crippen molar-refractivity contribution in [3.05, 3.63) is 29.6 Å². The molecule has 1 saturated carbocycles. The third kappa shape index (κ3) is 4.17. The van der Waals surface area contributed by atoms with Gasteiger partial charge in [0.05, 0.1) is 6.10 Å². The minimum Gasteiger partial charge on any atom is -0.487 e. The molecule has 4 heteroatoms. The van der Waals surface area contributed by atoms with Crippen LogP contribution in [0.3, 0.4) is 0 Å². The summed E-state index contributed by atoms with van der Waals surface area (Å²) in [4.78, 5) is 0. The van der Waals surface area contributed by atoms with Gasteiger partial charge in [-0.2, -0.15) is 0 Å². The Balaban J connectivity index is 2.14. The summed E-state index contributed by atoms with van der Waals surface area (Å²) in [5.41, 5.74) is 0.886. The molecule has 0 aliphatic heterocycles. The minimum atomic E-state index is -0.281. The summed E-state index contributed by atoms with van der Waals surface area (Å²) < 4.78 is 25.6. The van der Waals surface area contributed by atoms with Crippen LogP contribution < -0.4 is 10.1 Å². The lowest BCUT2D eigenvalue weighted by Gasteiger charge is -2.30. The third-order valence-corrected chi connectivity index (χ3v) is 4.17. The summed E-state index contributed by atoms with van der Waals surface area (Å²) in [6, 6.07) is 5.21. The number of rotatable bonds is 6. The number of nitrogens with one attached hydrogen (secondary N) is 1. The molecule has 118 valence electrons. The largest absolute Gasteiger partial charge is 0.487 e. The molecule has 1 aliphatic carbocycles. The molecule has 3 nitrogen and oxygen atoms in total. The molecule has 0 radical (unpaired) electrons. The Morgan fingerprint density at radius 1 is 1.33 bits per heavy atom. The fraction of sp³-hybridized carbons (Fsp3) is 0.647. The number of ether oxygens (including phenoxy) is 2. The van der Waals surface area contributed by atoms with Crippen molar-refractivity contribution in [2.24, 2.45) is 0 Å². The van der Waals surface area contributed by atoms with Crippen LogP contribution in [0, 0.1) is 5.82 Å². The monoisotopic (exact) mass is 295 g/mol. The van der Waals surface area contributed by atoms with Crippen molar-refractivity contribution >= 4 is 0 Å². The average Bonchev–Trinajstić information content (AvgIpc) is 2.49. The fourth-order valence-corrected chi connectivity index (χ4v) is 3.00. The number of hydrogen-bond donors (Lipinski definition) is 1. The highest BCUT2D eigenvalue weighted by Gasteiger charge is 2.25. The first-order valence-electron chi connectivity index (χ1n) is 7.87. The highest BCUT2D eigenvalue weighted by Crippen LogP contribution is 2.32. The van der Waals surface area contributed by atoms with Crippen LogP contribution in [0.4, 0.5) is 4.39 Å². The van der Waals surface area contributed by atoms with Crippen LogP contribution in [-0.4, -0.2) is 25.9 Å². The number of hydrogen-bond acceptors (Lipinski definition) is 3. The van der Waals surface area contributed by atoms with Gasteiger partial charge in [0, 0.05) is 25.1 Å². The lowest BCUT2D eigenvalue weighted by molar-refractivity contribution is 0.0193. The summed E-state index contributed by atoms with van der Waals surface area (Å²) >= 11 is 0. The highest BCUT2D eigenvalue weighted by atomic mass is 19.1. The van der Waals surface area contributed by atoms with Crippen LogP contribution in [0.1, 0.15) is 51.1 Å². The third-order valence-electron chi connectivity index (χ3n) is 4.17. The molecule has 3 unspecified atom stereocenters. The maximum absolute atomic E-state index is 14.2. The zero-order chi connectivity index (χ0) is 15.2. The Morgan fingerprint density at radius 3 is 2.81 bits per heavy atom.